The summed E-state index contributed by atoms with van der Waals surface area (Å²) in [5, 5.41) is 0. The molecule has 0 bridgehead atoms. The van der Waals surface area contributed by atoms with Gasteiger partial charge in [-0.1, -0.05) is 94.8 Å². The Morgan fingerprint density at radius 3 is 1.11 bits per heavy atom. The van der Waals surface area contributed by atoms with Gasteiger partial charge >= 0.3 is 0 Å². The summed E-state index contributed by atoms with van der Waals surface area (Å²) in [4.78, 5) is 3.30. The number of rotatable bonds is 9. The maximum Gasteiger partial charge on any atom is 0.269 e. The minimum Gasteiger partial charge on any atom is -0.360 e. The van der Waals surface area contributed by atoms with Gasteiger partial charge in [-0.25, -0.2) is 4.73 Å². The number of hydrogen-bond donors (Lipinski definition) is 2. The highest BCUT2D eigenvalue weighted by atomic mass is 28.4. The Bertz CT molecular complexity index is 271. The molecule has 244 valence electrons. The third-order valence-corrected chi connectivity index (χ3v) is 21.3. The molecule has 0 aromatic rings. The lowest BCUT2D eigenvalue weighted by atomic mass is 11.5. The Labute approximate surface area is 258 Å². The van der Waals surface area contributed by atoms with Crippen LogP contribution in [0.5, 0.6) is 0 Å². The molecule has 3 atom stereocenters. The highest BCUT2D eigenvalue weighted by Crippen LogP contribution is 1.90. The fraction of sp³-hybridized carbons (Fsp3) is 1.00. The second-order valence-corrected chi connectivity index (χ2v) is 26.1. The molecular formula is C21H92N6OSi8. The van der Waals surface area contributed by atoms with Gasteiger partial charge in [-0.3, -0.25) is 0 Å². The van der Waals surface area contributed by atoms with Crippen LogP contribution < -0.4 is 9.63 Å². The minimum atomic E-state index is -0.995. The van der Waals surface area contributed by atoms with Gasteiger partial charge in [-0.2, -0.15) is 0 Å². The van der Waals surface area contributed by atoms with E-state index < -0.39 is 27.4 Å². The van der Waals surface area contributed by atoms with Gasteiger partial charge < -0.3 is 26.9 Å². The lowest BCUT2D eigenvalue weighted by Gasteiger charge is -2.24. The molecule has 3 unspecified atom stereocenters. The molecule has 0 saturated carbocycles. The summed E-state index contributed by atoms with van der Waals surface area (Å²) in [6, 6.07) is 0. The van der Waals surface area contributed by atoms with Crippen molar-refractivity contribution in [2.75, 3.05) is 35.2 Å². The first kappa shape index (κ1) is 90.5. The Morgan fingerprint density at radius 1 is 0.639 bits per heavy atom. The van der Waals surface area contributed by atoms with Crippen LogP contribution in [0.15, 0.2) is 0 Å². The maximum absolute atomic E-state index is 5.66. The topological polar surface area (TPSA) is 46.2 Å². The third-order valence-electron chi connectivity index (χ3n) is 3.84. The van der Waals surface area contributed by atoms with Gasteiger partial charge in [0.25, 0.3) is 9.20 Å². The molecule has 0 aliphatic rings. The van der Waals surface area contributed by atoms with E-state index in [1.165, 1.54) is 20.8 Å². The molecule has 0 rings (SSSR count). The maximum atomic E-state index is 5.66. The van der Waals surface area contributed by atoms with Gasteiger partial charge in [-0.05, 0) is 47.8 Å². The molecule has 2 N–H and O–H groups in total. The molecule has 0 amide bonds. The van der Waals surface area contributed by atoms with Crippen molar-refractivity contribution in [1.29, 1.82) is 0 Å². The number of hydrogen-bond acceptors (Lipinski definition) is 7. The number of nitrogens with zero attached hydrogens (tertiary/aromatic N) is 4. The van der Waals surface area contributed by atoms with E-state index in [4.69, 9.17) is 4.53 Å². The molecule has 0 aliphatic heterocycles. The van der Waals surface area contributed by atoms with Gasteiger partial charge in [0.1, 0.15) is 9.68 Å². The van der Waals surface area contributed by atoms with Crippen molar-refractivity contribution >= 4 is 78.0 Å². The van der Waals surface area contributed by atoms with Crippen LogP contribution in [0.3, 0.4) is 0 Å². The first-order valence-corrected chi connectivity index (χ1v) is 22.7. The van der Waals surface area contributed by atoms with E-state index in [1.807, 2.05) is 18.8 Å². The van der Waals surface area contributed by atoms with Crippen LogP contribution in [0.4, 0.5) is 0 Å². The molecule has 0 aromatic carbocycles. The van der Waals surface area contributed by atoms with Gasteiger partial charge in [0.05, 0.1) is 40.9 Å². The molecule has 0 spiro atoms. The summed E-state index contributed by atoms with van der Waals surface area (Å²) >= 11 is 0. The smallest absolute Gasteiger partial charge is 0.269 e. The second kappa shape index (κ2) is 60.8. The van der Waals surface area contributed by atoms with Crippen LogP contribution >= 0.6 is 0 Å². The first-order valence-electron chi connectivity index (χ1n) is 9.21. The van der Waals surface area contributed by atoms with E-state index >= 15 is 0 Å². The summed E-state index contributed by atoms with van der Waals surface area (Å²) in [6.45, 7) is 11.4. The van der Waals surface area contributed by atoms with Crippen molar-refractivity contribution in [2.45, 2.75) is 114 Å². The monoisotopic (exact) mass is 669 g/mol. The molecule has 7 nitrogen and oxygen atoms in total. The molecular weight excluding hydrogens is 577 g/mol. The van der Waals surface area contributed by atoms with Crippen molar-refractivity contribution in [3.05, 3.63) is 0 Å². The van der Waals surface area contributed by atoms with Crippen LogP contribution in [-0.4, -0.2) is 131 Å². The van der Waals surface area contributed by atoms with Gasteiger partial charge in [-0.15, -0.1) is 0 Å². The van der Waals surface area contributed by atoms with E-state index in [0.717, 1.165) is 10.4 Å². The quantitative estimate of drug-likeness (QED) is 0.282. The molecule has 36 heavy (non-hydrogen) atoms. The summed E-state index contributed by atoms with van der Waals surface area (Å²) < 4.78 is 18.5. The zero-order chi connectivity index (χ0) is 20.6. The first-order chi connectivity index (χ1) is 11.4. The summed E-state index contributed by atoms with van der Waals surface area (Å²) in [5.41, 5.74) is 0. The predicted molar refractivity (Wildman–Crippen MR) is 216 cm³/mol. The van der Waals surface area contributed by atoms with Gasteiger partial charge in [0, 0.05) is 7.05 Å². The van der Waals surface area contributed by atoms with E-state index in [1.54, 1.807) is 0 Å². The van der Waals surface area contributed by atoms with Crippen LogP contribution in [0.2, 0.25) is 32.7 Å². The molecule has 15 heteroatoms. The van der Waals surface area contributed by atoms with Crippen LogP contribution in [0, 0.1) is 0 Å². The van der Waals surface area contributed by atoms with Crippen molar-refractivity contribution in [3.8, 4) is 0 Å². The average molecular weight is 670 g/mol. The summed E-state index contributed by atoms with van der Waals surface area (Å²) in [5.74, 6) is 0. The SMILES string of the molecule is C.C.C.C.C.C.C.C.C.C.C.CN[SiH](C)N[SiH](C)N(C)[SiH3].C[SiH2]N(C)O[SiH](C)N(C)[SiH3].C[SiH2]N(C)[SiH3]. The Hall–Kier alpha value is 1.46. The van der Waals surface area contributed by atoms with Crippen molar-refractivity contribution in [3.63, 3.8) is 0 Å². The van der Waals surface area contributed by atoms with Crippen molar-refractivity contribution in [1.82, 2.24) is 27.1 Å². The molecule has 0 saturated heterocycles. The van der Waals surface area contributed by atoms with E-state index in [0.29, 0.717) is 0 Å². The Morgan fingerprint density at radius 2 is 0.944 bits per heavy atom. The number of nitrogens with one attached hydrogen (secondary N) is 2. The largest absolute Gasteiger partial charge is 0.360 e. The Kier molecular flexibility index (Phi) is 153. The summed E-state index contributed by atoms with van der Waals surface area (Å²) in [7, 11) is 11.9. The van der Waals surface area contributed by atoms with E-state index in [9.17, 15) is 0 Å². The molecule has 0 radical (unpaired) electrons. The molecule has 0 aliphatic carbocycles. The second-order valence-electron chi connectivity index (χ2n) is 6.82. The van der Waals surface area contributed by atoms with E-state index in [-0.39, 0.29) is 101 Å². The lowest BCUT2D eigenvalue weighted by Crippen LogP contribution is -2.55. The zero-order valence-electron chi connectivity index (χ0n) is 19.3. The zero-order valence-corrected chi connectivity index (χ0v) is 31.6. The number of hydroxylamine groups is 1. The minimum absolute atomic E-state index is 0. The van der Waals surface area contributed by atoms with Gasteiger partial charge in [0.15, 0.2) is 18.2 Å². The van der Waals surface area contributed by atoms with E-state index in [2.05, 4.69) is 76.2 Å². The van der Waals surface area contributed by atoms with Crippen LogP contribution in [-0.2, 0) is 4.53 Å². The van der Waals surface area contributed by atoms with Gasteiger partial charge in [0.2, 0.25) is 0 Å². The summed E-state index contributed by atoms with van der Waals surface area (Å²) in [6.07, 6.45) is 0. The fourth-order valence-electron chi connectivity index (χ4n) is 1.02. The lowest BCUT2D eigenvalue weighted by molar-refractivity contribution is 0.0516. The normalized spacial score (nSPS) is 11.2. The predicted octanol–water partition coefficient (Wildman–Crippen LogP) is 1.08. The Balaban J connectivity index is -0.0000000151. The van der Waals surface area contributed by atoms with Crippen LogP contribution in [0.1, 0.15) is 81.7 Å². The van der Waals surface area contributed by atoms with Crippen molar-refractivity contribution in [2.24, 2.45) is 0 Å². The molecule has 0 fully saturated rings. The average Bonchev–Trinajstić information content (AvgIpc) is 2.55. The van der Waals surface area contributed by atoms with Crippen molar-refractivity contribution < 1.29 is 4.53 Å². The highest BCUT2D eigenvalue weighted by Gasteiger charge is 2.09. The third kappa shape index (κ3) is 76.5. The molecule has 0 heterocycles. The standard InChI is InChI=1S/C4H19N3Si3.C4H18N2OSi3.C2H11NSi2.11CH4/c1-5-9(3)6-10(4)7(2)8;1-5(9-3)7-10(4)6(2)8;1-3(4)5-2;;;;;;;;;;;/h5-6,9-10H,1-4,8H3;10H,9H2,1-4,8H3;5H2,1-2,4H3;11*1H4. The highest BCUT2D eigenvalue weighted by molar-refractivity contribution is 6.71. The molecule has 0 aromatic heterocycles. The van der Waals surface area contributed by atoms with Crippen LogP contribution in [0.25, 0.3) is 0 Å². The fourth-order valence-corrected chi connectivity index (χ4v) is 9.35.